The summed E-state index contributed by atoms with van der Waals surface area (Å²) in [5.41, 5.74) is 3.99. The van der Waals surface area contributed by atoms with Gasteiger partial charge in [-0.3, -0.25) is 9.59 Å². The Balaban J connectivity index is 1.69. The molecule has 1 aliphatic heterocycles. The van der Waals surface area contributed by atoms with Crippen LogP contribution in [0, 0.1) is 11.8 Å². The predicted molar refractivity (Wildman–Crippen MR) is 152 cm³/mol. The van der Waals surface area contributed by atoms with Gasteiger partial charge in [0, 0.05) is 32.8 Å². The van der Waals surface area contributed by atoms with Gasteiger partial charge in [-0.1, -0.05) is 65.4 Å². The number of hydrogen-bond acceptors (Lipinski definition) is 5. The summed E-state index contributed by atoms with van der Waals surface area (Å²) in [7, 11) is 0. The molecule has 2 atom stereocenters. The lowest BCUT2D eigenvalue weighted by Crippen LogP contribution is -2.27. The van der Waals surface area contributed by atoms with Gasteiger partial charge in [-0.2, -0.15) is 0 Å². The lowest BCUT2D eigenvalue weighted by atomic mass is 9.92. The first-order chi connectivity index (χ1) is 17.3. The standard InChI is InChI=1S/C31H44N2O2S/c1-7-32(8-2)17-15-22(5)30(34)24-11-13-28-26(19-24)21-27-20-25(12-14-29(27)36-28)31(35)23(6)16-18-33(9-3)10-4/h11-14,19-20,22-23H,7-10,15-18,21H2,1-6H3. The first kappa shape index (κ1) is 28.6. The molecule has 0 saturated heterocycles. The number of ketones is 2. The van der Waals surface area contributed by atoms with Crippen molar-refractivity contribution in [2.75, 3.05) is 39.3 Å². The summed E-state index contributed by atoms with van der Waals surface area (Å²) in [6.45, 7) is 18.8. The second-order valence-corrected chi connectivity index (χ2v) is 11.2. The smallest absolute Gasteiger partial charge is 0.165 e. The molecule has 5 heteroatoms. The Bertz CT molecular complexity index is 961. The summed E-state index contributed by atoms with van der Waals surface area (Å²) < 4.78 is 0. The first-order valence-corrected chi connectivity index (χ1v) is 14.6. The largest absolute Gasteiger partial charge is 0.304 e. The van der Waals surface area contributed by atoms with E-state index in [0.29, 0.717) is 0 Å². The molecule has 0 bridgehead atoms. The minimum absolute atomic E-state index is 0.00855. The van der Waals surface area contributed by atoms with Crippen LogP contribution in [0.3, 0.4) is 0 Å². The number of Topliss-reactive ketones (excluding diaryl/α,β-unsaturated/α-hetero) is 2. The van der Waals surface area contributed by atoms with Gasteiger partial charge in [0.25, 0.3) is 0 Å². The lowest BCUT2D eigenvalue weighted by Gasteiger charge is -2.23. The molecule has 0 amide bonds. The zero-order valence-electron chi connectivity index (χ0n) is 23.1. The van der Waals surface area contributed by atoms with Crippen LogP contribution < -0.4 is 0 Å². The summed E-state index contributed by atoms with van der Waals surface area (Å²) in [4.78, 5) is 33.5. The number of fused-ring (bicyclic) bond motifs is 2. The predicted octanol–water partition coefficient (Wildman–Crippen LogP) is 6.84. The fourth-order valence-corrected chi connectivity index (χ4v) is 5.96. The van der Waals surface area contributed by atoms with Crippen LogP contribution in [0.5, 0.6) is 0 Å². The molecule has 2 unspecified atom stereocenters. The molecule has 36 heavy (non-hydrogen) atoms. The van der Waals surface area contributed by atoms with Crippen molar-refractivity contribution in [3.8, 4) is 0 Å². The molecule has 4 nitrogen and oxygen atoms in total. The van der Waals surface area contributed by atoms with E-state index in [2.05, 4.69) is 75.6 Å². The Morgan fingerprint density at radius 1 is 0.722 bits per heavy atom. The number of carbonyl (C=O) groups is 2. The van der Waals surface area contributed by atoms with E-state index in [1.54, 1.807) is 11.8 Å². The van der Waals surface area contributed by atoms with Gasteiger partial charge in [0.2, 0.25) is 0 Å². The molecule has 196 valence electrons. The minimum Gasteiger partial charge on any atom is -0.304 e. The van der Waals surface area contributed by atoms with Crippen LogP contribution >= 0.6 is 11.8 Å². The van der Waals surface area contributed by atoms with Gasteiger partial charge < -0.3 is 9.80 Å². The highest BCUT2D eigenvalue weighted by Gasteiger charge is 2.23. The minimum atomic E-state index is 0.00855. The highest BCUT2D eigenvalue weighted by Crippen LogP contribution is 2.40. The van der Waals surface area contributed by atoms with Gasteiger partial charge in [-0.15, -0.1) is 0 Å². The topological polar surface area (TPSA) is 40.6 Å². The maximum absolute atomic E-state index is 13.2. The summed E-state index contributed by atoms with van der Waals surface area (Å²) in [5, 5.41) is 0. The van der Waals surface area contributed by atoms with Crippen LogP contribution in [0.1, 0.15) is 86.2 Å². The van der Waals surface area contributed by atoms with Crippen molar-refractivity contribution in [3.63, 3.8) is 0 Å². The number of rotatable bonds is 14. The number of benzene rings is 2. The summed E-state index contributed by atoms with van der Waals surface area (Å²) >= 11 is 1.74. The highest BCUT2D eigenvalue weighted by atomic mass is 32.2. The van der Waals surface area contributed by atoms with E-state index in [1.807, 2.05) is 12.1 Å². The van der Waals surface area contributed by atoms with Gasteiger partial charge in [-0.25, -0.2) is 0 Å². The molecule has 2 aromatic carbocycles. The van der Waals surface area contributed by atoms with Gasteiger partial charge >= 0.3 is 0 Å². The Kier molecular flexibility index (Phi) is 10.8. The Labute approximate surface area is 222 Å². The van der Waals surface area contributed by atoms with E-state index in [4.69, 9.17) is 0 Å². The van der Waals surface area contributed by atoms with E-state index >= 15 is 0 Å². The van der Waals surface area contributed by atoms with Crippen molar-refractivity contribution >= 4 is 23.3 Å². The SMILES string of the molecule is CCN(CC)CCC(C)C(=O)c1ccc2c(c1)Cc1cc(C(=O)C(C)CCN(CC)CC)ccc1S2. The molecular weight excluding hydrogens is 464 g/mol. The monoisotopic (exact) mass is 508 g/mol. The van der Waals surface area contributed by atoms with Crippen molar-refractivity contribution in [1.82, 2.24) is 9.80 Å². The molecule has 0 spiro atoms. The van der Waals surface area contributed by atoms with Gasteiger partial charge in [-0.05, 0) is 93.9 Å². The molecule has 0 fully saturated rings. The van der Waals surface area contributed by atoms with Crippen LogP contribution in [-0.2, 0) is 6.42 Å². The Morgan fingerprint density at radius 3 is 1.47 bits per heavy atom. The van der Waals surface area contributed by atoms with E-state index in [1.165, 1.54) is 20.9 Å². The third-order valence-electron chi connectivity index (χ3n) is 7.73. The molecule has 2 aromatic rings. The molecule has 3 rings (SSSR count). The van der Waals surface area contributed by atoms with E-state index in [-0.39, 0.29) is 23.4 Å². The summed E-state index contributed by atoms with van der Waals surface area (Å²) in [6.07, 6.45) is 2.53. The van der Waals surface area contributed by atoms with Gasteiger partial charge in [0.1, 0.15) is 0 Å². The summed E-state index contributed by atoms with van der Waals surface area (Å²) in [5.74, 6) is 0.474. The normalized spacial score (nSPS) is 14.4. The zero-order valence-corrected chi connectivity index (χ0v) is 23.9. The van der Waals surface area contributed by atoms with Crippen molar-refractivity contribution < 1.29 is 9.59 Å². The molecule has 0 aliphatic carbocycles. The summed E-state index contributed by atoms with van der Waals surface area (Å²) in [6, 6.07) is 12.3. The first-order valence-electron chi connectivity index (χ1n) is 13.8. The fourth-order valence-electron chi connectivity index (χ4n) is 4.93. The molecule has 1 aliphatic rings. The second kappa shape index (κ2) is 13.6. The van der Waals surface area contributed by atoms with E-state index in [9.17, 15) is 9.59 Å². The maximum atomic E-state index is 13.2. The average Bonchev–Trinajstić information content (AvgIpc) is 2.91. The van der Waals surface area contributed by atoms with Crippen LogP contribution in [0.25, 0.3) is 0 Å². The molecule has 1 heterocycles. The average molecular weight is 509 g/mol. The molecule has 0 N–H and O–H groups in total. The highest BCUT2D eigenvalue weighted by molar-refractivity contribution is 7.99. The number of hydrogen-bond donors (Lipinski definition) is 0. The van der Waals surface area contributed by atoms with Crippen LogP contribution in [0.15, 0.2) is 46.2 Å². The van der Waals surface area contributed by atoms with Crippen molar-refractivity contribution in [2.24, 2.45) is 11.8 Å². The van der Waals surface area contributed by atoms with Crippen molar-refractivity contribution in [1.29, 1.82) is 0 Å². The molecular formula is C31H44N2O2S. The Morgan fingerprint density at radius 2 is 1.11 bits per heavy atom. The van der Waals surface area contributed by atoms with E-state index < -0.39 is 0 Å². The van der Waals surface area contributed by atoms with Crippen LogP contribution in [0.2, 0.25) is 0 Å². The molecule has 0 radical (unpaired) electrons. The van der Waals surface area contributed by atoms with Crippen molar-refractivity contribution in [3.05, 3.63) is 58.7 Å². The molecule has 0 aromatic heterocycles. The second-order valence-electron chi connectivity index (χ2n) is 10.1. The molecule has 0 saturated carbocycles. The third kappa shape index (κ3) is 7.08. The number of carbonyl (C=O) groups excluding carboxylic acids is 2. The van der Waals surface area contributed by atoms with Crippen LogP contribution in [0.4, 0.5) is 0 Å². The number of nitrogens with zero attached hydrogens (tertiary/aromatic N) is 2. The lowest BCUT2D eigenvalue weighted by molar-refractivity contribution is 0.0908. The quantitative estimate of drug-likeness (QED) is 0.223. The van der Waals surface area contributed by atoms with E-state index in [0.717, 1.165) is 69.7 Å². The maximum Gasteiger partial charge on any atom is 0.165 e. The van der Waals surface area contributed by atoms with Crippen molar-refractivity contribution in [2.45, 2.75) is 70.6 Å². The Hall–Kier alpha value is -1.95. The van der Waals surface area contributed by atoms with Gasteiger partial charge in [0.05, 0.1) is 0 Å². The zero-order chi connectivity index (χ0) is 26.2. The van der Waals surface area contributed by atoms with Gasteiger partial charge in [0.15, 0.2) is 11.6 Å². The van der Waals surface area contributed by atoms with Crippen LogP contribution in [-0.4, -0.2) is 60.6 Å². The fraction of sp³-hybridized carbons (Fsp3) is 0.548. The third-order valence-corrected chi connectivity index (χ3v) is 8.97.